The molecule has 0 aliphatic rings. The molecule has 0 unspecified atom stereocenters. The average molecular weight is 136 g/mol. The summed E-state index contributed by atoms with van der Waals surface area (Å²) in [6.07, 6.45) is 5.96. The molecule has 0 radical (unpaired) electrons. The first kappa shape index (κ1) is 7.82. The molecule has 1 N–H and O–H groups in total. The molecular formula is C5H12O2S. The van der Waals surface area contributed by atoms with Gasteiger partial charge in [-0.2, -0.15) is 0 Å². The SMILES string of the molecule is CS(C)(C)CC(=O)O. The van der Waals surface area contributed by atoms with E-state index in [1.807, 2.05) is 18.8 Å². The predicted octanol–water partition coefficient (Wildman–Crippen LogP) is 0.765. The Labute approximate surface area is 51.2 Å². The smallest absolute Gasteiger partial charge is 0.311 e. The highest BCUT2D eigenvalue weighted by Gasteiger charge is 2.07. The van der Waals surface area contributed by atoms with Gasteiger partial charge in [-0.15, -0.1) is 0 Å². The van der Waals surface area contributed by atoms with Gasteiger partial charge in [0.15, 0.2) is 0 Å². The Morgan fingerprint density at radius 2 is 1.88 bits per heavy atom. The third kappa shape index (κ3) is 5.82. The average Bonchev–Trinajstić information content (AvgIpc) is 1.21. The van der Waals surface area contributed by atoms with Gasteiger partial charge in [-0.3, -0.25) is 4.79 Å². The molecule has 2 nitrogen and oxygen atoms in total. The van der Waals surface area contributed by atoms with Crippen LogP contribution >= 0.6 is 10.0 Å². The van der Waals surface area contributed by atoms with Crippen molar-refractivity contribution in [3.8, 4) is 0 Å². The molecule has 0 amide bonds. The van der Waals surface area contributed by atoms with Gasteiger partial charge < -0.3 is 5.11 Å². The van der Waals surface area contributed by atoms with E-state index in [-0.39, 0.29) is 0 Å². The fourth-order valence-electron chi connectivity index (χ4n) is 0.370. The molecule has 0 fully saturated rings. The molecule has 3 heteroatoms. The number of hydrogen-bond acceptors (Lipinski definition) is 1. The van der Waals surface area contributed by atoms with Crippen LogP contribution in [-0.4, -0.2) is 35.6 Å². The van der Waals surface area contributed by atoms with E-state index >= 15 is 0 Å². The van der Waals surface area contributed by atoms with Crippen LogP contribution in [0.15, 0.2) is 0 Å². The Hall–Kier alpha value is -0.180. The highest BCUT2D eigenvalue weighted by molar-refractivity contribution is 8.32. The zero-order valence-electron chi connectivity index (χ0n) is 5.47. The molecule has 0 rings (SSSR count). The molecule has 0 bridgehead atoms. The largest absolute Gasteiger partial charge is 0.481 e. The molecule has 0 saturated carbocycles. The summed E-state index contributed by atoms with van der Waals surface area (Å²) in [5.41, 5.74) is 0. The highest BCUT2D eigenvalue weighted by atomic mass is 32.3. The molecule has 0 heterocycles. The first-order valence-electron chi connectivity index (χ1n) is 2.29. The Morgan fingerprint density at radius 3 is 1.88 bits per heavy atom. The minimum Gasteiger partial charge on any atom is -0.481 e. The van der Waals surface area contributed by atoms with Crippen LogP contribution < -0.4 is 0 Å². The zero-order chi connectivity index (χ0) is 6.78. The summed E-state index contributed by atoms with van der Waals surface area (Å²) in [7, 11) is -0.823. The van der Waals surface area contributed by atoms with Gasteiger partial charge >= 0.3 is 5.97 Å². The van der Waals surface area contributed by atoms with E-state index in [1.165, 1.54) is 0 Å². The first-order chi connectivity index (χ1) is 3.42. The minimum absolute atomic E-state index is 0.326. The fourth-order valence-corrected chi connectivity index (χ4v) is 1.11. The van der Waals surface area contributed by atoms with Crippen LogP contribution in [0.1, 0.15) is 0 Å². The summed E-state index contributed by atoms with van der Waals surface area (Å²) in [6.45, 7) is 0. The Balaban J connectivity index is 3.55. The molecule has 0 saturated heterocycles. The summed E-state index contributed by atoms with van der Waals surface area (Å²) in [5, 5.41) is 8.27. The van der Waals surface area contributed by atoms with Crippen molar-refractivity contribution in [2.24, 2.45) is 0 Å². The number of carboxylic acids is 1. The number of hydrogen-bond donors (Lipinski definition) is 1. The Morgan fingerprint density at radius 1 is 1.50 bits per heavy atom. The zero-order valence-corrected chi connectivity index (χ0v) is 6.29. The fraction of sp³-hybridized carbons (Fsp3) is 0.800. The van der Waals surface area contributed by atoms with Crippen molar-refractivity contribution < 1.29 is 9.90 Å². The summed E-state index contributed by atoms with van der Waals surface area (Å²) < 4.78 is 0. The number of carbonyl (C=O) groups is 1. The number of aliphatic carboxylic acids is 1. The third-order valence-electron chi connectivity index (χ3n) is 0.556. The maximum atomic E-state index is 10.0. The lowest BCUT2D eigenvalue weighted by Gasteiger charge is -2.21. The second kappa shape index (κ2) is 2.40. The van der Waals surface area contributed by atoms with E-state index in [2.05, 4.69) is 0 Å². The normalized spacial score (nSPS) is 13.4. The molecule has 0 aliphatic carbocycles. The molecule has 0 aromatic heterocycles. The van der Waals surface area contributed by atoms with E-state index in [4.69, 9.17) is 5.11 Å². The van der Waals surface area contributed by atoms with Gasteiger partial charge in [-0.25, -0.2) is 10.0 Å². The van der Waals surface area contributed by atoms with Crippen molar-refractivity contribution in [1.82, 2.24) is 0 Å². The highest BCUT2D eigenvalue weighted by Crippen LogP contribution is 2.33. The van der Waals surface area contributed by atoms with Crippen LogP contribution in [0.5, 0.6) is 0 Å². The minimum atomic E-state index is -0.823. The Bertz CT molecular complexity index is 93.1. The van der Waals surface area contributed by atoms with Gasteiger partial charge in [-0.05, 0) is 18.8 Å². The molecule has 0 spiro atoms. The Kier molecular flexibility index (Phi) is 2.34. The second-order valence-corrected chi connectivity index (χ2v) is 7.10. The van der Waals surface area contributed by atoms with Crippen LogP contribution in [0.3, 0.4) is 0 Å². The van der Waals surface area contributed by atoms with E-state index < -0.39 is 16.0 Å². The van der Waals surface area contributed by atoms with Crippen molar-refractivity contribution >= 4 is 16.0 Å². The monoisotopic (exact) mass is 136 g/mol. The topological polar surface area (TPSA) is 37.3 Å². The third-order valence-corrected chi connectivity index (χ3v) is 1.67. The maximum absolute atomic E-state index is 10.0. The van der Waals surface area contributed by atoms with Gasteiger partial charge in [0.2, 0.25) is 0 Å². The standard InChI is InChI=1S/C5H12O2S/c1-8(2,3)4-5(6)7/h4H2,1-3H3,(H,6,7). The summed E-state index contributed by atoms with van der Waals surface area (Å²) in [4.78, 5) is 10.0. The lowest BCUT2D eigenvalue weighted by Crippen LogP contribution is -2.08. The van der Waals surface area contributed by atoms with E-state index in [9.17, 15) is 4.79 Å². The van der Waals surface area contributed by atoms with E-state index in [1.54, 1.807) is 0 Å². The van der Waals surface area contributed by atoms with Gasteiger partial charge in [0.1, 0.15) is 0 Å². The van der Waals surface area contributed by atoms with E-state index in [0.717, 1.165) is 0 Å². The number of rotatable bonds is 2. The molecular weight excluding hydrogens is 124 g/mol. The molecule has 0 aliphatic heterocycles. The van der Waals surface area contributed by atoms with Crippen LogP contribution in [0.4, 0.5) is 0 Å². The van der Waals surface area contributed by atoms with Crippen LogP contribution in [0.25, 0.3) is 0 Å². The van der Waals surface area contributed by atoms with Crippen molar-refractivity contribution in [2.45, 2.75) is 0 Å². The van der Waals surface area contributed by atoms with Crippen molar-refractivity contribution in [3.63, 3.8) is 0 Å². The lowest BCUT2D eigenvalue weighted by molar-refractivity contribution is -0.133. The predicted molar refractivity (Wildman–Crippen MR) is 37.9 cm³/mol. The molecule has 0 aromatic carbocycles. The van der Waals surface area contributed by atoms with Gasteiger partial charge in [0.25, 0.3) is 0 Å². The van der Waals surface area contributed by atoms with Gasteiger partial charge in [-0.1, -0.05) is 0 Å². The summed E-state index contributed by atoms with van der Waals surface area (Å²) in [6, 6.07) is 0. The van der Waals surface area contributed by atoms with Crippen molar-refractivity contribution in [1.29, 1.82) is 0 Å². The van der Waals surface area contributed by atoms with Crippen molar-refractivity contribution in [2.75, 3.05) is 24.5 Å². The quantitative estimate of drug-likeness (QED) is 0.608. The van der Waals surface area contributed by atoms with Gasteiger partial charge in [0, 0.05) is 0 Å². The maximum Gasteiger partial charge on any atom is 0.311 e. The molecule has 50 valence electrons. The van der Waals surface area contributed by atoms with Crippen LogP contribution in [-0.2, 0) is 4.79 Å². The summed E-state index contributed by atoms with van der Waals surface area (Å²) >= 11 is 0. The van der Waals surface area contributed by atoms with Crippen LogP contribution in [0, 0.1) is 0 Å². The lowest BCUT2D eigenvalue weighted by atomic mass is 10.8. The molecule has 0 atom stereocenters. The van der Waals surface area contributed by atoms with Gasteiger partial charge in [0.05, 0.1) is 5.75 Å². The second-order valence-electron chi connectivity index (χ2n) is 2.63. The molecule has 0 aromatic rings. The number of carboxylic acid groups (broad SMARTS) is 1. The van der Waals surface area contributed by atoms with E-state index in [0.29, 0.717) is 5.75 Å². The molecule has 8 heavy (non-hydrogen) atoms. The van der Waals surface area contributed by atoms with Crippen molar-refractivity contribution in [3.05, 3.63) is 0 Å². The summed E-state index contributed by atoms with van der Waals surface area (Å²) in [5.74, 6) is -0.361. The first-order valence-corrected chi connectivity index (χ1v) is 5.32. The van der Waals surface area contributed by atoms with Crippen LogP contribution in [0.2, 0.25) is 0 Å².